The van der Waals surface area contributed by atoms with Crippen molar-refractivity contribution in [2.24, 2.45) is 0 Å². The number of anilines is 1. The third-order valence-electron chi connectivity index (χ3n) is 3.28. The molecule has 0 saturated heterocycles. The largest absolute Gasteiger partial charge is 0.378 e. The van der Waals surface area contributed by atoms with Crippen molar-refractivity contribution in [3.8, 4) is 5.75 Å². The van der Waals surface area contributed by atoms with E-state index in [4.69, 9.17) is 4.18 Å². The van der Waals surface area contributed by atoms with Crippen molar-refractivity contribution in [2.45, 2.75) is 32.6 Å². The summed E-state index contributed by atoms with van der Waals surface area (Å²) >= 11 is 0. The van der Waals surface area contributed by atoms with E-state index in [-0.39, 0.29) is 16.6 Å². The third-order valence-corrected chi connectivity index (χ3v) is 4.52. The van der Waals surface area contributed by atoms with Crippen molar-refractivity contribution in [3.05, 3.63) is 53.1 Å². The molecule has 0 saturated carbocycles. The summed E-state index contributed by atoms with van der Waals surface area (Å²) in [7, 11) is -3.90. The molecule has 0 radical (unpaired) electrons. The van der Waals surface area contributed by atoms with Crippen molar-refractivity contribution < 1.29 is 17.4 Å². The van der Waals surface area contributed by atoms with Gasteiger partial charge in [-0.05, 0) is 56.2 Å². The number of rotatable bonds is 4. The summed E-state index contributed by atoms with van der Waals surface area (Å²) in [6.07, 6.45) is 0. The zero-order chi connectivity index (χ0) is 17.2. The highest BCUT2D eigenvalue weighted by molar-refractivity contribution is 7.87. The van der Waals surface area contributed by atoms with Crippen LogP contribution in [-0.2, 0) is 14.9 Å². The van der Waals surface area contributed by atoms with Gasteiger partial charge in [0.1, 0.15) is 10.6 Å². The van der Waals surface area contributed by atoms with Crippen LogP contribution in [0.1, 0.15) is 23.6 Å². The summed E-state index contributed by atoms with van der Waals surface area (Å²) in [4.78, 5) is 11.2. The molecule has 6 heteroatoms. The van der Waals surface area contributed by atoms with Crippen LogP contribution in [0.4, 0.5) is 5.69 Å². The Morgan fingerprint density at radius 2 is 1.52 bits per heavy atom. The molecule has 0 bridgehead atoms. The Morgan fingerprint density at radius 3 is 2.00 bits per heavy atom. The quantitative estimate of drug-likeness (QED) is 0.871. The first-order valence-electron chi connectivity index (χ1n) is 7.09. The lowest BCUT2D eigenvalue weighted by molar-refractivity contribution is -0.114. The average molecular weight is 333 g/mol. The molecule has 0 heterocycles. The Balaban J connectivity index is 2.36. The van der Waals surface area contributed by atoms with E-state index in [2.05, 4.69) is 5.32 Å². The zero-order valence-electron chi connectivity index (χ0n) is 13.5. The molecule has 1 amide bonds. The lowest BCUT2D eigenvalue weighted by atomic mass is 10.1. The molecule has 0 aromatic heterocycles. The van der Waals surface area contributed by atoms with Gasteiger partial charge in [-0.2, -0.15) is 8.42 Å². The molecule has 0 unspecified atom stereocenters. The van der Waals surface area contributed by atoms with E-state index in [9.17, 15) is 13.2 Å². The van der Waals surface area contributed by atoms with Crippen LogP contribution in [0.2, 0.25) is 0 Å². The van der Waals surface area contributed by atoms with Gasteiger partial charge in [-0.1, -0.05) is 17.7 Å². The molecule has 5 nitrogen and oxygen atoms in total. The van der Waals surface area contributed by atoms with Crippen LogP contribution in [0.3, 0.4) is 0 Å². The van der Waals surface area contributed by atoms with E-state index >= 15 is 0 Å². The fourth-order valence-corrected chi connectivity index (χ4v) is 3.27. The SMILES string of the molecule is CC(=O)Nc1cc(C)c(OS(=O)(=O)c2ccc(C)cc2)c(C)c1. The van der Waals surface area contributed by atoms with E-state index in [1.807, 2.05) is 6.92 Å². The maximum Gasteiger partial charge on any atom is 0.339 e. The Hall–Kier alpha value is -2.34. The summed E-state index contributed by atoms with van der Waals surface area (Å²) in [5, 5.41) is 2.67. The first-order chi connectivity index (χ1) is 10.7. The average Bonchev–Trinajstić information content (AvgIpc) is 2.43. The second-order valence-electron chi connectivity index (χ2n) is 5.47. The van der Waals surface area contributed by atoms with Crippen LogP contribution in [0.25, 0.3) is 0 Å². The van der Waals surface area contributed by atoms with Crippen molar-refractivity contribution in [1.82, 2.24) is 0 Å². The predicted octanol–water partition coefficient (Wildman–Crippen LogP) is 3.34. The highest BCUT2D eigenvalue weighted by Crippen LogP contribution is 2.30. The lowest BCUT2D eigenvalue weighted by Crippen LogP contribution is -2.12. The molecular weight excluding hydrogens is 314 g/mol. The van der Waals surface area contributed by atoms with Gasteiger partial charge in [-0.25, -0.2) is 0 Å². The van der Waals surface area contributed by atoms with Crippen LogP contribution in [0, 0.1) is 20.8 Å². The molecule has 2 rings (SSSR count). The van der Waals surface area contributed by atoms with Crippen molar-refractivity contribution in [2.75, 3.05) is 5.32 Å². The second kappa shape index (κ2) is 6.42. The van der Waals surface area contributed by atoms with Gasteiger partial charge < -0.3 is 9.50 Å². The molecule has 122 valence electrons. The Kier molecular flexibility index (Phi) is 4.75. The number of benzene rings is 2. The molecular formula is C17H19NO4S. The molecule has 0 aliphatic carbocycles. The molecule has 1 N–H and O–H groups in total. The third kappa shape index (κ3) is 4.10. The first-order valence-corrected chi connectivity index (χ1v) is 8.50. The fourth-order valence-electron chi connectivity index (χ4n) is 2.22. The number of nitrogens with one attached hydrogen (secondary N) is 1. The van der Waals surface area contributed by atoms with E-state index in [1.165, 1.54) is 19.1 Å². The van der Waals surface area contributed by atoms with Gasteiger partial charge in [0.05, 0.1) is 0 Å². The van der Waals surface area contributed by atoms with Gasteiger partial charge >= 0.3 is 10.1 Å². The van der Waals surface area contributed by atoms with Crippen LogP contribution in [0.5, 0.6) is 5.75 Å². The monoisotopic (exact) mass is 333 g/mol. The number of hydrogen-bond acceptors (Lipinski definition) is 4. The van der Waals surface area contributed by atoms with Gasteiger partial charge in [-0.15, -0.1) is 0 Å². The summed E-state index contributed by atoms with van der Waals surface area (Å²) in [5.41, 5.74) is 2.83. The molecule has 0 spiro atoms. The number of carbonyl (C=O) groups is 1. The van der Waals surface area contributed by atoms with Gasteiger partial charge in [-0.3, -0.25) is 4.79 Å². The summed E-state index contributed by atoms with van der Waals surface area (Å²) in [5.74, 6) is 0.0874. The maximum absolute atomic E-state index is 12.4. The fraction of sp³-hybridized carbons (Fsp3) is 0.235. The number of carbonyl (C=O) groups excluding carboxylic acids is 1. The van der Waals surface area contributed by atoms with Crippen molar-refractivity contribution >= 4 is 21.7 Å². The normalized spacial score (nSPS) is 11.1. The summed E-state index contributed by atoms with van der Waals surface area (Å²) < 4.78 is 30.1. The van der Waals surface area contributed by atoms with Crippen LogP contribution < -0.4 is 9.50 Å². The summed E-state index contributed by atoms with van der Waals surface area (Å²) in [6, 6.07) is 9.82. The number of aryl methyl sites for hydroxylation is 3. The molecule has 0 atom stereocenters. The standard InChI is InChI=1S/C17H19NO4S/c1-11-5-7-16(8-6-11)23(20,21)22-17-12(2)9-15(10-13(17)3)18-14(4)19/h5-10H,1-4H3,(H,18,19). The molecule has 23 heavy (non-hydrogen) atoms. The predicted molar refractivity (Wildman–Crippen MR) is 89.2 cm³/mol. The van der Waals surface area contributed by atoms with Crippen LogP contribution >= 0.6 is 0 Å². The van der Waals surface area contributed by atoms with Crippen molar-refractivity contribution in [1.29, 1.82) is 0 Å². The number of amides is 1. The van der Waals surface area contributed by atoms with Crippen LogP contribution in [-0.4, -0.2) is 14.3 Å². The minimum absolute atomic E-state index is 0.104. The molecule has 0 fully saturated rings. The minimum Gasteiger partial charge on any atom is -0.378 e. The highest BCUT2D eigenvalue weighted by Gasteiger charge is 2.19. The first kappa shape index (κ1) is 17.0. The summed E-state index contributed by atoms with van der Waals surface area (Å²) in [6.45, 7) is 6.76. The molecule has 2 aromatic rings. The highest BCUT2D eigenvalue weighted by atomic mass is 32.2. The smallest absolute Gasteiger partial charge is 0.339 e. The van der Waals surface area contributed by atoms with Gasteiger partial charge in [0, 0.05) is 12.6 Å². The lowest BCUT2D eigenvalue weighted by Gasteiger charge is -2.14. The Labute approximate surface area is 136 Å². The van der Waals surface area contributed by atoms with Crippen LogP contribution in [0.15, 0.2) is 41.3 Å². The molecule has 0 aliphatic heterocycles. The number of hydrogen-bond donors (Lipinski definition) is 1. The van der Waals surface area contributed by atoms with Gasteiger partial charge in [0.15, 0.2) is 0 Å². The second-order valence-corrected chi connectivity index (χ2v) is 7.02. The van der Waals surface area contributed by atoms with Gasteiger partial charge in [0.25, 0.3) is 0 Å². The van der Waals surface area contributed by atoms with E-state index in [0.29, 0.717) is 16.8 Å². The van der Waals surface area contributed by atoms with E-state index < -0.39 is 10.1 Å². The molecule has 0 aliphatic rings. The van der Waals surface area contributed by atoms with E-state index in [0.717, 1.165) is 5.56 Å². The van der Waals surface area contributed by atoms with Crippen molar-refractivity contribution in [3.63, 3.8) is 0 Å². The zero-order valence-corrected chi connectivity index (χ0v) is 14.3. The van der Waals surface area contributed by atoms with E-state index in [1.54, 1.807) is 38.1 Å². The Bertz CT molecular complexity index is 816. The van der Waals surface area contributed by atoms with Gasteiger partial charge in [0.2, 0.25) is 5.91 Å². The maximum atomic E-state index is 12.4. The Morgan fingerprint density at radius 1 is 1.00 bits per heavy atom. The minimum atomic E-state index is -3.90. The molecule has 2 aromatic carbocycles. The topological polar surface area (TPSA) is 72.5 Å².